The van der Waals surface area contributed by atoms with E-state index >= 15 is 0 Å². The molecule has 0 unspecified atom stereocenters. The highest BCUT2D eigenvalue weighted by Crippen LogP contribution is 2.32. The Morgan fingerprint density at radius 2 is 2.22 bits per heavy atom. The Labute approximate surface area is 135 Å². The number of hydrogen-bond acceptors (Lipinski definition) is 4. The lowest BCUT2D eigenvalue weighted by Crippen LogP contribution is -2.45. The summed E-state index contributed by atoms with van der Waals surface area (Å²) in [7, 11) is 0. The van der Waals surface area contributed by atoms with E-state index in [4.69, 9.17) is 0 Å². The summed E-state index contributed by atoms with van der Waals surface area (Å²) in [5.41, 5.74) is 2.13. The average Bonchev–Trinajstić information content (AvgIpc) is 3.26. The third-order valence-corrected chi connectivity index (χ3v) is 4.57. The standard InChI is InChI=1S/C17H21N5O/c23-17(19-9-14-2-1-6-18-8-14)16-12-21(10-13-3-4-13)11-15-5-7-20-22(15)16/h1-2,5-8,13,16H,3-4,9-12H2,(H,19,23)/t16-/m1/s1. The maximum absolute atomic E-state index is 12.7. The predicted molar refractivity (Wildman–Crippen MR) is 85.3 cm³/mol. The molecule has 2 aromatic rings. The van der Waals surface area contributed by atoms with Gasteiger partial charge in [-0.15, -0.1) is 0 Å². The number of aromatic nitrogens is 3. The van der Waals surface area contributed by atoms with Gasteiger partial charge >= 0.3 is 0 Å². The lowest BCUT2D eigenvalue weighted by atomic mass is 10.1. The zero-order chi connectivity index (χ0) is 15.6. The van der Waals surface area contributed by atoms with Crippen molar-refractivity contribution in [3.8, 4) is 0 Å². The Morgan fingerprint density at radius 3 is 3.00 bits per heavy atom. The van der Waals surface area contributed by atoms with Crippen LogP contribution in [0.3, 0.4) is 0 Å². The maximum atomic E-state index is 12.7. The number of hydrogen-bond donors (Lipinski definition) is 1. The van der Waals surface area contributed by atoms with Gasteiger partial charge in [0, 0.05) is 44.8 Å². The molecule has 120 valence electrons. The minimum atomic E-state index is -0.246. The Hall–Kier alpha value is -2.21. The minimum absolute atomic E-state index is 0.0271. The van der Waals surface area contributed by atoms with E-state index < -0.39 is 0 Å². The van der Waals surface area contributed by atoms with Crippen LogP contribution in [0.25, 0.3) is 0 Å². The molecule has 1 saturated carbocycles. The molecule has 1 aliphatic carbocycles. The summed E-state index contributed by atoms with van der Waals surface area (Å²) in [6, 6.07) is 5.61. The second-order valence-corrected chi connectivity index (χ2v) is 6.50. The molecule has 1 fully saturated rings. The van der Waals surface area contributed by atoms with Gasteiger partial charge in [0.15, 0.2) is 0 Å². The first kappa shape index (κ1) is 14.4. The summed E-state index contributed by atoms with van der Waals surface area (Å²) in [5.74, 6) is 0.850. The molecule has 2 aromatic heterocycles. The van der Waals surface area contributed by atoms with Gasteiger partial charge in [-0.3, -0.25) is 19.4 Å². The molecule has 0 aromatic carbocycles. The van der Waals surface area contributed by atoms with Crippen molar-refractivity contribution in [2.45, 2.75) is 32.0 Å². The topological polar surface area (TPSA) is 63.1 Å². The lowest BCUT2D eigenvalue weighted by Gasteiger charge is -2.33. The highest BCUT2D eigenvalue weighted by atomic mass is 16.2. The normalized spacial score (nSPS) is 21.0. The van der Waals surface area contributed by atoms with Crippen molar-refractivity contribution in [2.24, 2.45) is 5.92 Å². The Kier molecular flexibility index (Phi) is 3.83. The zero-order valence-electron chi connectivity index (χ0n) is 13.1. The van der Waals surface area contributed by atoms with Crippen LogP contribution in [0.5, 0.6) is 0 Å². The van der Waals surface area contributed by atoms with Crippen LogP contribution >= 0.6 is 0 Å². The molecule has 6 heteroatoms. The van der Waals surface area contributed by atoms with Gasteiger partial charge in [-0.05, 0) is 36.5 Å². The number of fused-ring (bicyclic) bond motifs is 1. The van der Waals surface area contributed by atoms with Crippen molar-refractivity contribution in [2.75, 3.05) is 13.1 Å². The number of nitrogens with one attached hydrogen (secondary N) is 1. The van der Waals surface area contributed by atoms with Crippen molar-refractivity contribution in [3.05, 3.63) is 48.0 Å². The van der Waals surface area contributed by atoms with Crippen LogP contribution in [0.15, 0.2) is 36.8 Å². The predicted octanol–water partition coefficient (Wildman–Crippen LogP) is 1.36. The molecule has 0 spiro atoms. The highest BCUT2D eigenvalue weighted by molar-refractivity contribution is 5.80. The van der Waals surface area contributed by atoms with Crippen LogP contribution in [-0.4, -0.2) is 38.7 Å². The molecule has 1 aliphatic heterocycles. The van der Waals surface area contributed by atoms with Crippen molar-refractivity contribution in [1.29, 1.82) is 0 Å². The van der Waals surface area contributed by atoms with E-state index in [9.17, 15) is 4.79 Å². The summed E-state index contributed by atoms with van der Waals surface area (Å²) in [5, 5.41) is 7.38. The first-order chi connectivity index (χ1) is 11.3. The molecule has 6 nitrogen and oxygen atoms in total. The lowest BCUT2D eigenvalue weighted by molar-refractivity contribution is -0.126. The fourth-order valence-corrected chi connectivity index (χ4v) is 3.17. The Bertz CT molecular complexity index is 679. The van der Waals surface area contributed by atoms with Gasteiger partial charge in [-0.1, -0.05) is 6.07 Å². The van der Waals surface area contributed by atoms with Crippen molar-refractivity contribution < 1.29 is 4.79 Å². The SMILES string of the molecule is O=C(NCc1cccnc1)[C@H]1CN(CC2CC2)Cc2ccnn21. The van der Waals surface area contributed by atoms with Crippen LogP contribution in [0.1, 0.15) is 30.1 Å². The van der Waals surface area contributed by atoms with Crippen LogP contribution in [0, 0.1) is 5.92 Å². The van der Waals surface area contributed by atoms with E-state index in [0.717, 1.165) is 36.8 Å². The van der Waals surface area contributed by atoms with Crippen LogP contribution in [0.4, 0.5) is 0 Å². The highest BCUT2D eigenvalue weighted by Gasteiger charge is 2.33. The molecule has 0 bridgehead atoms. The van der Waals surface area contributed by atoms with Crippen LogP contribution in [0.2, 0.25) is 0 Å². The van der Waals surface area contributed by atoms with Gasteiger partial charge < -0.3 is 5.32 Å². The largest absolute Gasteiger partial charge is 0.350 e. The van der Waals surface area contributed by atoms with Crippen molar-refractivity contribution in [3.63, 3.8) is 0 Å². The van der Waals surface area contributed by atoms with Crippen LogP contribution < -0.4 is 5.32 Å². The van der Waals surface area contributed by atoms with Crippen LogP contribution in [-0.2, 0) is 17.9 Å². The van der Waals surface area contributed by atoms with Gasteiger partial charge in [0.25, 0.3) is 0 Å². The fraction of sp³-hybridized carbons (Fsp3) is 0.471. The molecule has 1 amide bonds. The molecule has 2 aliphatic rings. The summed E-state index contributed by atoms with van der Waals surface area (Å²) >= 11 is 0. The molecule has 1 atom stereocenters. The number of carbonyl (C=O) groups excluding carboxylic acids is 1. The van der Waals surface area contributed by atoms with Gasteiger partial charge in [-0.25, -0.2) is 0 Å². The number of amides is 1. The van der Waals surface area contributed by atoms with E-state index in [2.05, 4.69) is 20.3 Å². The Balaban J connectivity index is 1.44. The molecule has 23 heavy (non-hydrogen) atoms. The summed E-state index contributed by atoms with van der Waals surface area (Å²) in [4.78, 5) is 19.1. The van der Waals surface area contributed by atoms with E-state index in [1.807, 2.05) is 22.9 Å². The van der Waals surface area contributed by atoms with E-state index in [-0.39, 0.29) is 11.9 Å². The molecule has 3 heterocycles. The van der Waals surface area contributed by atoms with E-state index in [1.165, 1.54) is 12.8 Å². The summed E-state index contributed by atoms with van der Waals surface area (Å²) in [6.45, 7) is 3.23. The monoisotopic (exact) mass is 311 g/mol. The molecular weight excluding hydrogens is 290 g/mol. The van der Waals surface area contributed by atoms with Crippen molar-refractivity contribution in [1.82, 2.24) is 25.0 Å². The molecular formula is C17H21N5O. The van der Waals surface area contributed by atoms with Gasteiger partial charge in [0.2, 0.25) is 5.91 Å². The van der Waals surface area contributed by atoms with E-state index in [0.29, 0.717) is 6.54 Å². The van der Waals surface area contributed by atoms with E-state index in [1.54, 1.807) is 18.6 Å². The molecule has 4 rings (SSSR count). The first-order valence-electron chi connectivity index (χ1n) is 8.21. The summed E-state index contributed by atoms with van der Waals surface area (Å²) in [6.07, 6.45) is 7.96. The van der Waals surface area contributed by atoms with Gasteiger partial charge in [-0.2, -0.15) is 5.10 Å². The third kappa shape index (κ3) is 3.27. The van der Waals surface area contributed by atoms with Crippen molar-refractivity contribution >= 4 is 5.91 Å². The zero-order valence-corrected chi connectivity index (χ0v) is 13.1. The smallest absolute Gasteiger partial charge is 0.246 e. The number of rotatable bonds is 5. The second kappa shape index (κ2) is 6.12. The fourth-order valence-electron chi connectivity index (χ4n) is 3.17. The quantitative estimate of drug-likeness (QED) is 0.906. The third-order valence-electron chi connectivity index (χ3n) is 4.57. The number of nitrogens with zero attached hydrogens (tertiary/aromatic N) is 4. The molecule has 1 N–H and O–H groups in total. The molecule has 0 radical (unpaired) electrons. The maximum Gasteiger partial charge on any atom is 0.246 e. The second-order valence-electron chi connectivity index (χ2n) is 6.50. The summed E-state index contributed by atoms with van der Waals surface area (Å²) < 4.78 is 1.88. The van der Waals surface area contributed by atoms with Gasteiger partial charge in [0.1, 0.15) is 6.04 Å². The van der Waals surface area contributed by atoms with Gasteiger partial charge in [0.05, 0.1) is 5.69 Å². The molecule has 0 saturated heterocycles. The number of pyridine rings is 1. The first-order valence-corrected chi connectivity index (χ1v) is 8.21. The average molecular weight is 311 g/mol. The minimum Gasteiger partial charge on any atom is -0.350 e. The Morgan fingerprint density at radius 1 is 1.30 bits per heavy atom. The number of carbonyl (C=O) groups is 1.